The van der Waals surface area contributed by atoms with E-state index in [1.54, 1.807) is 0 Å². The van der Waals surface area contributed by atoms with Gasteiger partial charge in [0.2, 0.25) is 0 Å². The quantitative estimate of drug-likeness (QED) is 0.667. The molecule has 0 unspecified atom stereocenters. The first-order chi connectivity index (χ1) is 9.86. The van der Waals surface area contributed by atoms with E-state index in [0.717, 1.165) is 12.0 Å². The minimum atomic E-state index is -0.0858. The summed E-state index contributed by atoms with van der Waals surface area (Å²) in [5, 5.41) is 11.9. The van der Waals surface area contributed by atoms with Gasteiger partial charge < -0.3 is 0 Å². The van der Waals surface area contributed by atoms with Gasteiger partial charge >= 0.3 is 0 Å². The molecule has 0 aromatic heterocycles. The Balaban J connectivity index is 1.90. The van der Waals surface area contributed by atoms with E-state index < -0.39 is 0 Å². The summed E-state index contributed by atoms with van der Waals surface area (Å²) in [5.41, 5.74) is 2.29. The second kappa shape index (κ2) is 5.59. The van der Waals surface area contributed by atoms with Crippen LogP contribution in [0.25, 0.3) is 10.8 Å². The lowest BCUT2D eigenvalue weighted by Crippen LogP contribution is -2.00. The predicted molar refractivity (Wildman–Crippen MR) is 82.4 cm³/mol. The van der Waals surface area contributed by atoms with Crippen LogP contribution in [-0.4, -0.2) is 0 Å². The second-order valence-electron chi connectivity index (χ2n) is 4.98. The molecule has 3 aromatic rings. The molecule has 0 N–H and O–H groups in total. The molecule has 0 heterocycles. The first-order valence-electron chi connectivity index (χ1n) is 6.79. The third kappa shape index (κ3) is 2.55. The third-order valence-corrected chi connectivity index (χ3v) is 3.61. The van der Waals surface area contributed by atoms with Crippen molar-refractivity contribution in [2.75, 3.05) is 0 Å². The van der Waals surface area contributed by atoms with E-state index in [-0.39, 0.29) is 5.92 Å². The van der Waals surface area contributed by atoms with E-state index >= 15 is 0 Å². The highest BCUT2D eigenvalue weighted by molar-refractivity contribution is 5.83. The van der Waals surface area contributed by atoms with Crippen molar-refractivity contribution in [3.63, 3.8) is 0 Å². The number of rotatable bonds is 3. The molecule has 0 bridgehead atoms. The van der Waals surface area contributed by atoms with E-state index in [0.29, 0.717) is 0 Å². The summed E-state index contributed by atoms with van der Waals surface area (Å²) >= 11 is 0. The Morgan fingerprint density at radius 1 is 0.800 bits per heavy atom. The topological polar surface area (TPSA) is 23.8 Å². The number of fused-ring (bicyclic) bond motifs is 1. The fourth-order valence-electron chi connectivity index (χ4n) is 2.52. The molecule has 96 valence electrons. The Hall–Kier alpha value is -2.59. The first-order valence-corrected chi connectivity index (χ1v) is 6.79. The molecular formula is C19H15N. The van der Waals surface area contributed by atoms with Crippen molar-refractivity contribution in [3.8, 4) is 6.07 Å². The fraction of sp³-hybridized carbons (Fsp3) is 0.105. The maximum atomic E-state index is 9.40. The molecule has 1 atom stereocenters. The summed E-state index contributed by atoms with van der Waals surface area (Å²) in [4.78, 5) is 0. The molecule has 0 fully saturated rings. The smallest absolute Gasteiger partial charge is 0.0753 e. The van der Waals surface area contributed by atoms with Gasteiger partial charge in [-0.05, 0) is 28.3 Å². The molecule has 3 rings (SSSR count). The van der Waals surface area contributed by atoms with Crippen molar-refractivity contribution >= 4 is 10.8 Å². The Bertz CT molecular complexity index is 753. The van der Waals surface area contributed by atoms with Crippen LogP contribution in [0.5, 0.6) is 0 Å². The summed E-state index contributed by atoms with van der Waals surface area (Å²) < 4.78 is 0. The molecule has 20 heavy (non-hydrogen) atoms. The Morgan fingerprint density at radius 3 is 2.25 bits per heavy atom. The molecule has 0 aliphatic heterocycles. The summed E-state index contributed by atoms with van der Waals surface area (Å²) in [7, 11) is 0. The normalized spacial score (nSPS) is 11.9. The molecule has 0 saturated carbocycles. The van der Waals surface area contributed by atoms with Crippen LogP contribution in [0.15, 0.2) is 72.8 Å². The number of benzene rings is 3. The molecule has 0 radical (unpaired) electrons. The van der Waals surface area contributed by atoms with Crippen molar-refractivity contribution in [3.05, 3.63) is 83.9 Å². The molecule has 1 nitrogen and oxygen atoms in total. The number of nitriles is 1. The highest BCUT2D eigenvalue weighted by Crippen LogP contribution is 2.23. The van der Waals surface area contributed by atoms with Gasteiger partial charge in [0.15, 0.2) is 0 Å². The van der Waals surface area contributed by atoms with Crippen LogP contribution in [0.4, 0.5) is 0 Å². The van der Waals surface area contributed by atoms with E-state index in [1.807, 2.05) is 42.5 Å². The summed E-state index contributed by atoms with van der Waals surface area (Å²) in [6.07, 6.45) is 0.755. The standard InChI is InChI=1S/C19H15N/c20-14-19(16-6-2-1-3-7-16)13-15-10-11-17-8-4-5-9-18(17)12-15/h1-12,19H,13H2/t19-/m1/s1. The summed E-state index contributed by atoms with van der Waals surface area (Å²) in [6, 6.07) is 27.2. The maximum absolute atomic E-state index is 9.40. The van der Waals surface area contributed by atoms with Gasteiger partial charge in [0.1, 0.15) is 0 Å². The Kier molecular flexibility index (Phi) is 3.48. The van der Waals surface area contributed by atoms with Crippen molar-refractivity contribution < 1.29 is 0 Å². The minimum Gasteiger partial charge on any atom is -0.198 e. The zero-order chi connectivity index (χ0) is 13.8. The molecular weight excluding hydrogens is 242 g/mol. The average molecular weight is 257 g/mol. The van der Waals surface area contributed by atoms with E-state index in [2.05, 4.69) is 36.4 Å². The monoisotopic (exact) mass is 257 g/mol. The molecule has 0 saturated heterocycles. The van der Waals surface area contributed by atoms with Crippen LogP contribution in [0.2, 0.25) is 0 Å². The maximum Gasteiger partial charge on any atom is 0.0753 e. The van der Waals surface area contributed by atoms with E-state index in [4.69, 9.17) is 0 Å². The van der Waals surface area contributed by atoms with Gasteiger partial charge in [0, 0.05) is 0 Å². The summed E-state index contributed by atoms with van der Waals surface area (Å²) in [6.45, 7) is 0. The van der Waals surface area contributed by atoms with Gasteiger partial charge in [-0.25, -0.2) is 0 Å². The number of hydrogen-bond acceptors (Lipinski definition) is 1. The predicted octanol–water partition coefficient (Wildman–Crippen LogP) is 4.69. The first kappa shape index (κ1) is 12.4. The highest BCUT2D eigenvalue weighted by Gasteiger charge is 2.11. The molecule has 0 spiro atoms. The van der Waals surface area contributed by atoms with Crippen LogP contribution in [0.1, 0.15) is 17.0 Å². The molecule has 1 heteroatoms. The van der Waals surface area contributed by atoms with Gasteiger partial charge in [0.25, 0.3) is 0 Å². The van der Waals surface area contributed by atoms with Crippen molar-refractivity contribution in [1.82, 2.24) is 0 Å². The average Bonchev–Trinajstić information content (AvgIpc) is 2.53. The molecule has 0 aliphatic rings. The minimum absolute atomic E-state index is 0.0858. The van der Waals surface area contributed by atoms with Crippen molar-refractivity contribution in [1.29, 1.82) is 5.26 Å². The largest absolute Gasteiger partial charge is 0.198 e. The van der Waals surface area contributed by atoms with E-state index in [1.165, 1.54) is 16.3 Å². The SMILES string of the molecule is N#C[C@@H](Cc1ccc2ccccc2c1)c1ccccc1. The van der Waals surface area contributed by atoms with Gasteiger partial charge in [-0.15, -0.1) is 0 Å². The van der Waals surface area contributed by atoms with E-state index in [9.17, 15) is 5.26 Å². The van der Waals surface area contributed by atoms with Crippen LogP contribution in [-0.2, 0) is 6.42 Å². The molecule has 3 aromatic carbocycles. The number of hydrogen-bond donors (Lipinski definition) is 0. The van der Waals surface area contributed by atoms with Crippen LogP contribution < -0.4 is 0 Å². The van der Waals surface area contributed by atoms with Gasteiger partial charge in [0.05, 0.1) is 12.0 Å². The highest BCUT2D eigenvalue weighted by atomic mass is 14.3. The van der Waals surface area contributed by atoms with Gasteiger partial charge in [-0.1, -0.05) is 72.8 Å². The Labute approximate surface area is 119 Å². The molecule has 0 amide bonds. The zero-order valence-electron chi connectivity index (χ0n) is 11.2. The molecule has 0 aliphatic carbocycles. The second-order valence-corrected chi connectivity index (χ2v) is 4.98. The lowest BCUT2D eigenvalue weighted by Gasteiger charge is -2.10. The van der Waals surface area contributed by atoms with Gasteiger partial charge in [-0.3, -0.25) is 0 Å². The third-order valence-electron chi connectivity index (χ3n) is 3.61. The van der Waals surface area contributed by atoms with Crippen LogP contribution in [0, 0.1) is 11.3 Å². The van der Waals surface area contributed by atoms with Crippen LogP contribution in [0.3, 0.4) is 0 Å². The van der Waals surface area contributed by atoms with Crippen molar-refractivity contribution in [2.24, 2.45) is 0 Å². The van der Waals surface area contributed by atoms with Crippen LogP contribution >= 0.6 is 0 Å². The summed E-state index contributed by atoms with van der Waals surface area (Å²) in [5.74, 6) is -0.0858. The number of nitrogens with zero attached hydrogens (tertiary/aromatic N) is 1. The zero-order valence-corrected chi connectivity index (χ0v) is 11.2. The lowest BCUT2D eigenvalue weighted by molar-refractivity contribution is 0.850. The fourth-order valence-corrected chi connectivity index (χ4v) is 2.52. The van der Waals surface area contributed by atoms with Crippen molar-refractivity contribution in [2.45, 2.75) is 12.3 Å². The lowest BCUT2D eigenvalue weighted by atomic mass is 9.92. The van der Waals surface area contributed by atoms with Gasteiger partial charge in [-0.2, -0.15) is 5.26 Å². The Morgan fingerprint density at radius 2 is 1.50 bits per heavy atom.